The van der Waals surface area contributed by atoms with Gasteiger partial charge in [0.1, 0.15) is 5.52 Å². The van der Waals surface area contributed by atoms with Gasteiger partial charge in [0.25, 0.3) is 0 Å². The first-order valence-electron chi connectivity index (χ1n) is 7.76. The lowest BCUT2D eigenvalue weighted by atomic mass is 10.0. The average molecular weight is 270 g/mol. The van der Waals surface area contributed by atoms with E-state index in [1.807, 2.05) is 16.9 Å². The summed E-state index contributed by atoms with van der Waals surface area (Å²) in [4.78, 5) is 4.52. The van der Waals surface area contributed by atoms with E-state index >= 15 is 0 Å². The van der Waals surface area contributed by atoms with E-state index < -0.39 is 0 Å². The van der Waals surface area contributed by atoms with Crippen LogP contribution in [-0.4, -0.2) is 21.1 Å². The number of hydrogen-bond acceptors (Lipinski definition) is 3. The minimum Gasteiger partial charge on any atom is -0.368 e. The maximum Gasteiger partial charge on any atom is 0.152 e. The van der Waals surface area contributed by atoms with Gasteiger partial charge in [-0.25, -0.2) is 9.50 Å². The summed E-state index contributed by atoms with van der Waals surface area (Å²) in [5.74, 6) is 2.41. The van der Waals surface area contributed by atoms with Crippen LogP contribution in [0.2, 0.25) is 0 Å². The summed E-state index contributed by atoms with van der Waals surface area (Å²) in [5, 5.41) is 8.21. The Kier molecular flexibility index (Phi) is 2.56. The number of aromatic nitrogens is 3. The molecule has 4 nitrogen and oxygen atoms in total. The van der Waals surface area contributed by atoms with Crippen LogP contribution >= 0.6 is 0 Å². The zero-order chi connectivity index (χ0) is 13.7. The van der Waals surface area contributed by atoms with Crippen LogP contribution < -0.4 is 5.32 Å². The molecule has 0 atom stereocenters. The molecule has 0 aromatic carbocycles. The van der Waals surface area contributed by atoms with Gasteiger partial charge in [-0.05, 0) is 49.0 Å². The Morgan fingerprint density at radius 1 is 1.40 bits per heavy atom. The second-order valence-electron chi connectivity index (χ2n) is 6.82. The number of hydrogen-bond donors (Lipinski definition) is 1. The Labute approximate surface area is 119 Å². The standard InChI is InChI=1S/C16H22N4/c1-11(2)13-9-14-15(17-7-8-20(14)19-13)18-10-16(5-6-16)12-3-4-12/h7-9,11-12H,3-6,10H2,1-2H3,(H,17,18). The second kappa shape index (κ2) is 4.21. The molecule has 0 spiro atoms. The smallest absolute Gasteiger partial charge is 0.152 e. The van der Waals surface area contributed by atoms with Crippen molar-refractivity contribution in [1.82, 2.24) is 14.6 Å². The Bertz CT molecular complexity index is 635. The van der Waals surface area contributed by atoms with Gasteiger partial charge in [0.2, 0.25) is 0 Å². The van der Waals surface area contributed by atoms with E-state index in [0.29, 0.717) is 11.3 Å². The molecule has 0 bridgehead atoms. The number of rotatable bonds is 5. The molecule has 0 radical (unpaired) electrons. The van der Waals surface area contributed by atoms with Crippen molar-refractivity contribution in [2.75, 3.05) is 11.9 Å². The highest BCUT2D eigenvalue weighted by Crippen LogP contribution is 2.61. The van der Waals surface area contributed by atoms with Gasteiger partial charge in [-0.15, -0.1) is 0 Å². The third kappa shape index (κ3) is 1.98. The molecule has 0 aliphatic heterocycles. The summed E-state index contributed by atoms with van der Waals surface area (Å²) >= 11 is 0. The Morgan fingerprint density at radius 2 is 2.20 bits per heavy atom. The van der Waals surface area contributed by atoms with Crippen LogP contribution in [0, 0.1) is 11.3 Å². The summed E-state index contributed by atoms with van der Waals surface area (Å²) in [7, 11) is 0. The molecule has 106 valence electrons. The van der Waals surface area contributed by atoms with E-state index in [0.717, 1.165) is 29.5 Å². The zero-order valence-electron chi connectivity index (χ0n) is 12.3. The van der Waals surface area contributed by atoms with Crippen molar-refractivity contribution in [3.8, 4) is 0 Å². The van der Waals surface area contributed by atoms with Crippen LogP contribution in [0.1, 0.15) is 51.1 Å². The molecule has 2 aliphatic rings. The molecule has 1 N–H and O–H groups in total. The fourth-order valence-electron chi connectivity index (χ4n) is 3.20. The molecular formula is C16H22N4. The van der Waals surface area contributed by atoms with Crippen LogP contribution in [-0.2, 0) is 0 Å². The fourth-order valence-corrected chi connectivity index (χ4v) is 3.20. The SMILES string of the molecule is CC(C)c1cc2c(NCC3(C4CC4)CC3)nccn2n1. The van der Waals surface area contributed by atoms with E-state index in [1.165, 1.54) is 25.7 Å². The lowest BCUT2D eigenvalue weighted by Gasteiger charge is -2.15. The normalized spacial score (nSPS) is 20.6. The molecule has 2 aliphatic carbocycles. The average Bonchev–Trinajstić information content (AvgIpc) is 3.32. The van der Waals surface area contributed by atoms with E-state index in [-0.39, 0.29) is 0 Å². The van der Waals surface area contributed by atoms with Gasteiger partial charge in [0.05, 0.1) is 5.69 Å². The summed E-state index contributed by atoms with van der Waals surface area (Å²) < 4.78 is 1.95. The van der Waals surface area contributed by atoms with Crippen molar-refractivity contribution < 1.29 is 0 Å². The molecule has 2 saturated carbocycles. The van der Waals surface area contributed by atoms with Crippen molar-refractivity contribution >= 4 is 11.3 Å². The molecule has 4 heteroatoms. The first kappa shape index (κ1) is 12.2. The fraction of sp³-hybridized carbons (Fsp3) is 0.625. The molecule has 0 amide bonds. The van der Waals surface area contributed by atoms with Crippen LogP contribution in [0.25, 0.3) is 5.52 Å². The summed E-state index contributed by atoms with van der Waals surface area (Å²) in [6.07, 6.45) is 9.42. The van der Waals surface area contributed by atoms with Crippen molar-refractivity contribution in [2.45, 2.75) is 45.4 Å². The molecule has 0 saturated heterocycles. The Hall–Kier alpha value is -1.58. The van der Waals surface area contributed by atoms with E-state index in [9.17, 15) is 0 Å². The van der Waals surface area contributed by atoms with Gasteiger partial charge in [-0.3, -0.25) is 0 Å². The molecule has 20 heavy (non-hydrogen) atoms. The van der Waals surface area contributed by atoms with Gasteiger partial charge >= 0.3 is 0 Å². The molecule has 2 aromatic rings. The van der Waals surface area contributed by atoms with E-state index in [1.54, 1.807) is 0 Å². The minimum atomic E-state index is 0.448. The van der Waals surface area contributed by atoms with Gasteiger partial charge in [-0.2, -0.15) is 5.10 Å². The Balaban J connectivity index is 1.59. The third-order valence-electron chi connectivity index (χ3n) is 4.94. The van der Waals surface area contributed by atoms with Gasteiger partial charge in [0.15, 0.2) is 5.82 Å². The highest BCUT2D eigenvalue weighted by atomic mass is 15.2. The third-order valence-corrected chi connectivity index (χ3v) is 4.94. The largest absolute Gasteiger partial charge is 0.368 e. The predicted molar refractivity (Wildman–Crippen MR) is 80.0 cm³/mol. The van der Waals surface area contributed by atoms with Crippen molar-refractivity contribution in [1.29, 1.82) is 0 Å². The minimum absolute atomic E-state index is 0.448. The van der Waals surface area contributed by atoms with Gasteiger partial charge in [0, 0.05) is 18.9 Å². The van der Waals surface area contributed by atoms with Crippen molar-refractivity contribution in [2.24, 2.45) is 11.3 Å². The van der Waals surface area contributed by atoms with Gasteiger partial charge in [-0.1, -0.05) is 13.8 Å². The lowest BCUT2D eigenvalue weighted by molar-refractivity contribution is 0.466. The summed E-state index contributed by atoms with van der Waals surface area (Å²) in [5.41, 5.74) is 2.82. The van der Waals surface area contributed by atoms with Crippen LogP contribution in [0.3, 0.4) is 0 Å². The highest BCUT2D eigenvalue weighted by molar-refractivity contribution is 5.68. The topological polar surface area (TPSA) is 42.2 Å². The van der Waals surface area contributed by atoms with Crippen LogP contribution in [0.15, 0.2) is 18.5 Å². The van der Waals surface area contributed by atoms with E-state index in [2.05, 4.69) is 35.3 Å². The summed E-state index contributed by atoms with van der Waals surface area (Å²) in [6, 6.07) is 2.16. The number of nitrogens with one attached hydrogen (secondary N) is 1. The van der Waals surface area contributed by atoms with Crippen LogP contribution in [0.4, 0.5) is 5.82 Å². The zero-order valence-corrected chi connectivity index (χ0v) is 12.3. The van der Waals surface area contributed by atoms with Gasteiger partial charge < -0.3 is 5.32 Å². The Morgan fingerprint density at radius 3 is 2.85 bits per heavy atom. The lowest BCUT2D eigenvalue weighted by Crippen LogP contribution is -2.18. The molecule has 4 rings (SSSR count). The monoisotopic (exact) mass is 270 g/mol. The summed E-state index contributed by atoms with van der Waals surface area (Å²) in [6.45, 7) is 5.43. The molecular weight excluding hydrogens is 248 g/mol. The maximum absolute atomic E-state index is 4.62. The maximum atomic E-state index is 4.62. The van der Waals surface area contributed by atoms with Crippen LogP contribution in [0.5, 0.6) is 0 Å². The first-order chi connectivity index (χ1) is 9.68. The van der Waals surface area contributed by atoms with E-state index in [4.69, 9.17) is 0 Å². The molecule has 2 aromatic heterocycles. The number of nitrogens with zero attached hydrogens (tertiary/aromatic N) is 3. The predicted octanol–water partition coefficient (Wildman–Crippen LogP) is 3.45. The number of anilines is 1. The quantitative estimate of drug-likeness (QED) is 0.904. The highest BCUT2D eigenvalue weighted by Gasteiger charge is 2.53. The van der Waals surface area contributed by atoms with Crippen molar-refractivity contribution in [3.63, 3.8) is 0 Å². The second-order valence-corrected chi connectivity index (χ2v) is 6.82. The molecule has 0 unspecified atom stereocenters. The van der Waals surface area contributed by atoms with Crippen molar-refractivity contribution in [3.05, 3.63) is 24.2 Å². The first-order valence-corrected chi connectivity index (χ1v) is 7.76. The number of fused-ring (bicyclic) bond motifs is 1. The molecule has 2 heterocycles. The molecule has 2 fully saturated rings.